The van der Waals surface area contributed by atoms with Crippen LogP contribution in [0.15, 0.2) is 34.9 Å². The highest BCUT2D eigenvalue weighted by Crippen LogP contribution is 2.36. The van der Waals surface area contributed by atoms with E-state index in [1.807, 2.05) is 0 Å². The average molecular weight is 420 g/mol. The van der Waals surface area contributed by atoms with Crippen LogP contribution in [0.25, 0.3) is 5.95 Å². The molecule has 0 atom stereocenters. The third-order valence-electron chi connectivity index (χ3n) is 4.49. The fourth-order valence-corrected chi connectivity index (χ4v) is 2.98. The van der Waals surface area contributed by atoms with Crippen LogP contribution in [0.1, 0.15) is 5.56 Å². The van der Waals surface area contributed by atoms with Crippen molar-refractivity contribution in [1.29, 1.82) is 5.26 Å². The number of nitrogens with zero attached hydrogens (tertiary/aromatic N) is 10. The van der Waals surface area contributed by atoms with Crippen LogP contribution in [0.2, 0.25) is 0 Å². The number of aromatic nitrogens is 6. The smallest absolute Gasteiger partial charge is 0.252 e. The van der Waals surface area contributed by atoms with Crippen LogP contribution in [-0.4, -0.2) is 70.1 Å². The molecule has 0 amide bonds. The lowest BCUT2D eigenvalue weighted by atomic mass is 10.3. The van der Waals surface area contributed by atoms with E-state index in [1.165, 1.54) is 10.9 Å². The number of nitrogens with one attached hydrogen (secondary N) is 2. The predicted molar refractivity (Wildman–Crippen MR) is 112 cm³/mol. The van der Waals surface area contributed by atoms with E-state index >= 15 is 0 Å². The first-order valence-corrected chi connectivity index (χ1v) is 9.52. The Balaban J connectivity index is 1.81. The maximum absolute atomic E-state index is 9.49. The normalized spacial score (nSPS) is 13.9. The fraction of sp³-hybridized carbons (Fsp3) is 0.333. The third kappa shape index (κ3) is 4.09. The van der Waals surface area contributed by atoms with Crippen molar-refractivity contribution in [2.24, 2.45) is 10.2 Å². The van der Waals surface area contributed by atoms with E-state index in [2.05, 4.69) is 56.9 Å². The number of anilines is 3. The van der Waals surface area contributed by atoms with Crippen LogP contribution in [0.4, 0.5) is 29.1 Å². The summed E-state index contributed by atoms with van der Waals surface area (Å²) in [6, 6.07) is 3.76. The second-order valence-electron chi connectivity index (χ2n) is 6.32. The van der Waals surface area contributed by atoms with E-state index in [4.69, 9.17) is 4.74 Å². The van der Waals surface area contributed by atoms with Crippen molar-refractivity contribution in [3.8, 4) is 12.0 Å². The second-order valence-corrected chi connectivity index (χ2v) is 6.32. The molecule has 1 aliphatic rings. The van der Waals surface area contributed by atoms with E-state index in [1.54, 1.807) is 32.6 Å². The van der Waals surface area contributed by atoms with Gasteiger partial charge < -0.3 is 20.3 Å². The molecule has 1 saturated heterocycles. The van der Waals surface area contributed by atoms with E-state index < -0.39 is 0 Å². The summed E-state index contributed by atoms with van der Waals surface area (Å²) in [5, 5.41) is 28.4. The SMILES string of the molecule is CNc1nc(NC)c(N=Nc2c(C#N)cnn2-c2ncccn2)c(N2CCOCC2)n1. The zero-order valence-corrected chi connectivity index (χ0v) is 17.0. The summed E-state index contributed by atoms with van der Waals surface area (Å²) in [6.45, 7) is 2.48. The average Bonchev–Trinajstić information content (AvgIpc) is 3.26. The van der Waals surface area contributed by atoms with Crippen molar-refractivity contribution in [2.45, 2.75) is 0 Å². The van der Waals surface area contributed by atoms with Gasteiger partial charge in [-0.15, -0.1) is 10.2 Å². The summed E-state index contributed by atoms with van der Waals surface area (Å²) in [5.41, 5.74) is 0.678. The largest absolute Gasteiger partial charge is 0.378 e. The molecule has 1 aliphatic heterocycles. The highest BCUT2D eigenvalue weighted by molar-refractivity contribution is 5.76. The molecule has 13 nitrogen and oxygen atoms in total. The number of hydrogen-bond acceptors (Lipinski definition) is 12. The standard InChI is InChI=1S/C18H20N12O/c1-20-14-13(16(26-17(21-2)25-14)29-6-8-31-9-7-29)27-28-15-12(10-19)11-24-30(15)18-22-4-3-5-23-18/h3-5,11H,6-9H2,1-2H3,(H2,20,21,25,26). The van der Waals surface area contributed by atoms with Gasteiger partial charge in [0.25, 0.3) is 5.95 Å². The van der Waals surface area contributed by atoms with Crippen molar-refractivity contribution in [3.05, 3.63) is 30.2 Å². The topological polar surface area (TPSA) is 154 Å². The molecule has 31 heavy (non-hydrogen) atoms. The highest BCUT2D eigenvalue weighted by atomic mass is 16.5. The van der Waals surface area contributed by atoms with Gasteiger partial charge in [-0.05, 0) is 6.07 Å². The summed E-state index contributed by atoms with van der Waals surface area (Å²) in [6.07, 6.45) is 4.56. The van der Waals surface area contributed by atoms with Crippen molar-refractivity contribution in [2.75, 3.05) is 55.9 Å². The molecule has 0 bridgehead atoms. The highest BCUT2D eigenvalue weighted by Gasteiger charge is 2.22. The molecule has 0 spiro atoms. The Kier molecular flexibility index (Phi) is 5.90. The van der Waals surface area contributed by atoms with Crippen LogP contribution in [0.5, 0.6) is 0 Å². The molecule has 158 valence electrons. The summed E-state index contributed by atoms with van der Waals surface area (Å²) >= 11 is 0. The molecule has 0 radical (unpaired) electrons. The number of ether oxygens (including phenoxy) is 1. The van der Waals surface area contributed by atoms with Gasteiger partial charge in [-0.25, -0.2) is 9.97 Å². The Hall–Kier alpha value is -4.18. The van der Waals surface area contributed by atoms with E-state index in [9.17, 15) is 5.26 Å². The monoisotopic (exact) mass is 420 g/mol. The number of hydrogen-bond donors (Lipinski definition) is 2. The molecule has 1 fully saturated rings. The number of nitriles is 1. The second kappa shape index (κ2) is 9.09. The molecule has 2 N–H and O–H groups in total. The quantitative estimate of drug-likeness (QED) is 0.562. The van der Waals surface area contributed by atoms with Crippen LogP contribution in [0, 0.1) is 11.3 Å². The lowest BCUT2D eigenvalue weighted by Gasteiger charge is -2.29. The van der Waals surface area contributed by atoms with E-state index in [-0.39, 0.29) is 17.3 Å². The van der Waals surface area contributed by atoms with Crippen LogP contribution < -0.4 is 15.5 Å². The first-order chi connectivity index (χ1) is 15.2. The van der Waals surface area contributed by atoms with Gasteiger partial charge in [0.05, 0.1) is 19.4 Å². The first kappa shape index (κ1) is 20.1. The maximum atomic E-state index is 9.49. The minimum atomic E-state index is 0.210. The molecular weight excluding hydrogens is 400 g/mol. The Morgan fingerprint density at radius 2 is 1.87 bits per heavy atom. The van der Waals surface area contributed by atoms with Crippen LogP contribution >= 0.6 is 0 Å². The van der Waals surface area contributed by atoms with Crippen molar-refractivity contribution in [3.63, 3.8) is 0 Å². The van der Waals surface area contributed by atoms with E-state index in [0.717, 1.165) is 0 Å². The maximum Gasteiger partial charge on any atom is 0.252 e. The Bertz CT molecular complexity index is 1110. The zero-order valence-electron chi connectivity index (χ0n) is 17.0. The van der Waals surface area contributed by atoms with Gasteiger partial charge in [0.2, 0.25) is 5.95 Å². The number of azo groups is 1. The van der Waals surface area contributed by atoms with Gasteiger partial charge in [-0.1, -0.05) is 0 Å². The number of rotatable bonds is 6. The zero-order chi connectivity index (χ0) is 21.6. The summed E-state index contributed by atoms with van der Waals surface area (Å²) < 4.78 is 6.82. The molecule has 4 rings (SSSR count). The van der Waals surface area contributed by atoms with Gasteiger partial charge >= 0.3 is 0 Å². The van der Waals surface area contributed by atoms with Crippen LogP contribution in [-0.2, 0) is 4.74 Å². The van der Waals surface area contributed by atoms with Gasteiger partial charge in [-0.3, -0.25) is 0 Å². The predicted octanol–water partition coefficient (Wildman–Crippen LogP) is 1.66. The Morgan fingerprint density at radius 1 is 1.10 bits per heavy atom. The molecule has 0 saturated carbocycles. The molecular formula is C18H20N12O. The molecule has 0 unspecified atom stereocenters. The lowest BCUT2D eigenvalue weighted by Crippen LogP contribution is -2.37. The molecule has 4 heterocycles. The van der Waals surface area contributed by atoms with Crippen molar-refractivity contribution in [1.82, 2.24) is 29.7 Å². The van der Waals surface area contributed by atoms with E-state index in [0.29, 0.717) is 49.6 Å². The molecule has 3 aromatic rings. The summed E-state index contributed by atoms with van der Waals surface area (Å²) in [5.74, 6) is 2.04. The lowest BCUT2D eigenvalue weighted by molar-refractivity contribution is 0.122. The fourth-order valence-electron chi connectivity index (χ4n) is 2.98. The van der Waals surface area contributed by atoms with Crippen molar-refractivity contribution < 1.29 is 4.74 Å². The molecule has 13 heteroatoms. The first-order valence-electron chi connectivity index (χ1n) is 9.52. The van der Waals surface area contributed by atoms with Gasteiger partial charge in [0.1, 0.15) is 11.6 Å². The summed E-state index contributed by atoms with van der Waals surface area (Å²) in [7, 11) is 3.49. The molecule has 0 aromatic carbocycles. The van der Waals surface area contributed by atoms with Gasteiger partial charge in [0, 0.05) is 39.6 Å². The Morgan fingerprint density at radius 3 is 2.55 bits per heavy atom. The van der Waals surface area contributed by atoms with Crippen molar-refractivity contribution >= 4 is 29.1 Å². The number of morpholine rings is 1. The summed E-state index contributed by atoms with van der Waals surface area (Å²) in [4.78, 5) is 19.4. The third-order valence-corrected chi connectivity index (χ3v) is 4.49. The van der Waals surface area contributed by atoms with Gasteiger partial charge in [-0.2, -0.15) is 25.0 Å². The minimum Gasteiger partial charge on any atom is -0.378 e. The molecule has 0 aliphatic carbocycles. The van der Waals surface area contributed by atoms with Gasteiger partial charge in [0.15, 0.2) is 23.1 Å². The van der Waals surface area contributed by atoms with Crippen LogP contribution in [0.3, 0.4) is 0 Å². The minimum absolute atomic E-state index is 0.210. The Labute approximate surface area is 177 Å². The molecule has 3 aromatic heterocycles.